The third-order valence-electron chi connectivity index (χ3n) is 5.61. The maximum Gasteiger partial charge on any atom is 0.261 e. The zero-order valence-electron chi connectivity index (χ0n) is 26.2. The minimum atomic E-state index is -4.25. The van der Waals surface area contributed by atoms with Crippen molar-refractivity contribution in [2.45, 2.75) is 38.5 Å². The van der Waals surface area contributed by atoms with Crippen LogP contribution in [0.5, 0.6) is 0 Å². The first kappa shape index (κ1) is 42.8. The first-order valence-electron chi connectivity index (χ1n) is 14.5. The van der Waals surface area contributed by atoms with Crippen molar-refractivity contribution in [1.29, 1.82) is 10.8 Å². The van der Waals surface area contributed by atoms with Gasteiger partial charge in [0.15, 0.2) is 5.17 Å². The summed E-state index contributed by atoms with van der Waals surface area (Å²) < 4.78 is 52.9. The monoisotopic (exact) mass is 686 g/mol. The van der Waals surface area contributed by atoms with Gasteiger partial charge in [-0.25, -0.2) is 13.6 Å². The molecule has 3 amide bonds. The number of nitrogens with one attached hydrogen (secondary N) is 5. The molecular formula is C26H50N6O11S2. The summed E-state index contributed by atoms with van der Waals surface area (Å²) in [7, 11) is -0.887. The van der Waals surface area contributed by atoms with E-state index >= 15 is 0 Å². The summed E-state index contributed by atoms with van der Waals surface area (Å²) in [5.74, 6) is -0.742. The largest absolute Gasteiger partial charge is 0.384 e. The highest BCUT2D eigenvalue weighted by molar-refractivity contribution is 8.41. The molecule has 0 saturated heterocycles. The number of thioether (sulfide) groups is 1. The molecule has 0 saturated carbocycles. The average molecular weight is 687 g/mol. The smallest absolute Gasteiger partial charge is 0.261 e. The second-order valence-corrected chi connectivity index (χ2v) is 12.3. The number of amidine groups is 1. The van der Waals surface area contributed by atoms with Crippen LogP contribution in [0.1, 0.15) is 38.5 Å². The zero-order valence-corrected chi connectivity index (χ0v) is 27.8. The molecule has 0 spiro atoms. The van der Waals surface area contributed by atoms with Gasteiger partial charge >= 0.3 is 0 Å². The Bertz CT molecular complexity index is 967. The van der Waals surface area contributed by atoms with E-state index in [1.807, 2.05) is 0 Å². The van der Waals surface area contributed by atoms with Crippen molar-refractivity contribution in [1.82, 2.24) is 16.0 Å². The number of carbonyl (C=O) groups excluding carboxylic acids is 3. The lowest BCUT2D eigenvalue weighted by Gasteiger charge is -2.14. The third kappa shape index (κ3) is 27.8. The number of ether oxygens (including phenoxy) is 6. The second kappa shape index (κ2) is 28.0. The van der Waals surface area contributed by atoms with Gasteiger partial charge in [-0.05, 0) is 24.6 Å². The molecule has 0 aliphatic heterocycles. The maximum atomic E-state index is 11.9. The molecule has 17 nitrogen and oxygen atoms in total. The maximum absolute atomic E-state index is 11.9. The molecule has 7 N–H and O–H groups in total. The lowest BCUT2D eigenvalue weighted by molar-refractivity contribution is -0.125. The number of nitrogens with two attached hydrogens (primary N) is 1. The molecule has 0 aromatic heterocycles. The second-order valence-electron chi connectivity index (χ2n) is 9.48. The minimum Gasteiger partial charge on any atom is -0.384 e. The molecule has 0 bridgehead atoms. The number of unbranched alkanes of at least 4 members (excludes halogenated alkanes) is 1. The molecule has 0 aliphatic rings. The average Bonchev–Trinajstić information content (AvgIpc) is 2.97. The minimum absolute atomic E-state index is 0.0383. The molecule has 0 rings (SSSR count). The molecular weight excluding hydrogens is 636 g/mol. The topological polar surface area (TPSA) is 251 Å². The number of carbonyl (C=O) groups is 3. The highest BCUT2D eigenvalue weighted by Crippen LogP contribution is 2.09. The van der Waals surface area contributed by atoms with Gasteiger partial charge in [0.05, 0.1) is 66.1 Å². The molecule has 45 heavy (non-hydrogen) atoms. The van der Waals surface area contributed by atoms with Crippen LogP contribution in [0.15, 0.2) is 0 Å². The van der Waals surface area contributed by atoms with E-state index in [0.29, 0.717) is 78.3 Å². The van der Waals surface area contributed by atoms with Crippen molar-refractivity contribution in [2.24, 2.45) is 11.1 Å². The zero-order chi connectivity index (χ0) is 33.8. The van der Waals surface area contributed by atoms with Crippen molar-refractivity contribution in [3.63, 3.8) is 0 Å². The highest BCUT2D eigenvalue weighted by Gasteiger charge is 2.17. The summed E-state index contributed by atoms with van der Waals surface area (Å²) in [5, 5.41) is 26.3. The van der Waals surface area contributed by atoms with Crippen LogP contribution in [0, 0.1) is 16.7 Å². The fraction of sp³-hybridized carbons (Fsp3) is 0.808. The van der Waals surface area contributed by atoms with Gasteiger partial charge in [-0.3, -0.25) is 25.2 Å². The molecule has 0 atom stereocenters. The van der Waals surface area contributed by atoms with Crippen LogP contribution < -0.4 is 21.1 Å². The van der Waals surface area contributed by atoms with Crippen molar-refractivity contribution in [2.75, 3.05) is 93.4 Å². The number of hydrogen-bond donors (Lipinski definition) is 6. The van der Waals surface area contributed by atoms with Gasteiger partial charge in [-0.2, -0.15) is 0 Å². The number of amides is 3. The Morgan fingerprint density at radius 1 is 0.711 bits per heavy atom. The molecule has 0 heterocycles. The number of hydrogen-bond acceptors (Lipinski definition) is 14. The Balaban J connectivity index is 3.50. The number of primary sulfonamides is 1. The van der Waals surface area contributed by atoms with E-state index in [4.69, 9.17) is 44.4 Å². The van der Waals surface area contributed by atoms with Crippen molar-refractivity contribution >= 4 is 49.1 Å². The molecule has 0 radical (unpaired) electrons. The SMILES string of the molecule is COCC(CCCCNC(=O)CCOCCOCCOCCOCCNC(=O)CCC(=O)NC(=N)SC(=N)S(N)(=O)=O)COC. The van der Waals surface area contributed by atoms with Crippen molar-refractivity contribution in [3.05, 3.63) is 0 Å². The van der Waals surface area contributed by atoms with Crippen LogP contribution >= 0.6 is 11.8 Å². The molecule has 0 fully saturated rings. The van der Waals surface area contributed by atoms with Crippen LogP contribution in [0.4, 0.5) is 0 Å². The molecule has 262 valence electrons. The fourth-order valence-electron chi connectivity index (χ4n) is 3.43. The number of sulfonamides is 1. The predicted octanol–water partition coefficient (Wildman–Crippen LogP) is -0.458. The number of methoxy groups -OCH3 is 2. The van der Waals surface area contributed by atoms with Crippen LogP contribution in [-0.4, -0.2) is 129 Å². The lowest BCUT2D eigenvalue weighted by Crippen LogP contribution is -2.32. The van der Waals surface area contributed by atoms with E-state index in [1.54, 1.807) is 14.2 Å². The van der Waals surface area contributed by atoms with Gasteiger partial charge in [0.2, 0.25) is 22.1 Å². The highest BCUT2D eigenvalue weighted by atomic mass is 32.3. The summed E-state index contributed by atoms with van der Waals surface area (Å²) in [4.78, 5) is 35.4. The van der Waals surface area contributed by atoms with Gasteiger partial charge in [0.1, 0.15) is 0 Å². The third-order valence-corrected chi connectivity index (χ3v) is 7.56. The standard InChI is InChI=1S/C26H50N6O11S2/c1-38-19-21(20-39-2)5-3-4-9-30-23(34)8-11-40-13-15-42-17-18-43-16-14-41-12-10-31-22(33)6-7-24(35)32-25(27)44-26(28)45(29,36)37/h21,28H,3-20H2,1-2H3,(H,30,34)(H,31,33)(H2,27,32,35)(H2,29,36,37). The van der Waals surface area contributed by atoms with E-state index in [0.717, 1.165) is 19.3 Å². The predicted molar refractivity (Wildman–Crippen MR) is 169 cm³/mol. The number of rotatable bonds is 27. The lowest BCUT2D eigenvalue weighted by atomic mass is 10.0. The van der Waals surface area contributed by atoms with Gasteiger partial charge < -0.3 is 44.4 Å². The van der Waals surface area contributed by atoms with Crippen molar-refractivity contribution in [3.8, 4) is 0 Å². The first-order valence-corrected chi connectivity index (χ1v) is 16.9. The van der Waals surface area contributed by atoms with Crippen LogP contribution in [0.3, 0.4) is 0 Å². The summed E-state index contributed by atoms with van der Waals surface area (Å²) in [6, 6.07) is 0. The van der Waals surface area contributed by atoms with E-state index < -0.39 is 31.4 Å². The fourth-order valence-corrected chi connectivity index (χ4v) is 4.50. The molecule has 0 aromatic carbocycles. The summed E-state index contributed by atoms with van der Waals surface area (Å²) in [5.41, 5.74) is 0. The summed E-state index contributed by atoms with van der Waals surface area (Å²) >= 11 is 0.173. The van der Waals surface area contributed by atoms with Gasteiger partial charge in [-0.15, -0.1) is 0 Å². The summed E-state index contributed by atoms with van der Waals surface area (Å²) in [6.07, 6.45) is 2.81. The van der Waals surface area contributed by atoms with Gasteiger partial charge in [0, 0.05) is 52.5 Å². The van der Waals surface area contributed by atoms with Crippen molar-refractivity contribution < 1.29 is 51.2 Å². The molecule has 0 aliphatic carbocycles. The van der Waals surface area contributed by atoms with Gasteiger partial charge in [0.25, 0.3) is 10.0 Å². The van der Waals surface area contributed by atoms with Crippen LogP contribution in [-0.2, 0) is 52.8 Å². The Labute approximate surface area is 269 Å². The Hall–Kier alpha value is -2.23. The Kier molecular flexibility index (Phi) is 26.6. The van der Waals surface area contributed by atoms with E-state index in [2.05, 4.69) is 16.0 Å². The van der Waals surface area contributed by atoms with E-state index in [1.165, 1.54) is 0 Å². The quantitative estimate of drug-likeness (QED) is 0.0365. The Morgan fingerprint density at radius 2 is 1.20 bits per heavy atom. The molecule has 0 unspecified atom stereocenters. The van der Waals surface area contributed by atoms with Gasteiger partial charge in [-0.1, -0.05) is 6.42 Å². The van der Waals surface area contributed by atoms with E-state index in [-0.39, 0.29) is 43.7 Å². The Morgan fingerprint density at radius 3 is 1.76 bits per heavy atom. The molecule has 19 heteroatoms. The normalized spacial score (nSPS) is 11.4. The summed E-state index contributed by atoms with van der Waals surface area (Å²) in [6.45, 7) is 4.97. The molecule has 0 aromatic rings. The van der Waals surface area contributed by atoms with E-state index in [9.17, 15) is 22.8 Å². The first-order chi connectivity index (χ1) is 21.5. The van der Waals surface area contributed by atoms with Crippen LogP contribution in [0.2, 0.25) is 0 Å². The van der Waals surface area contributed by atoms with Crippen LogP contribution in [0.25, 0.3) is 0 Å².